The molecule has 0 bridgehead atoms. The van der Waals surface area contributed by atoms with E-state index in [1.165, 1.54) is 17.5 Å². The predicted octanol–water partition coefficient (Wildman–Crippen LogP) is 2.15. The van der Waals surface area contributed by atoms with Crippen molar-refractivity contribution in [2.75, 3.05) is 26.2 Å². The number of ether oxygens (including phenoxy) is 1. The second-order valence-corrected chi connectivity index (χ2v) is 6.87. The second-order valence-electron chi connectivity index (χ2n) is 6.87. The molecule has 0 saturated carbocycles. The van der Waals surface area contributed by atoms with Crippen LogP contribution < -0.4 is 5.32 Å². The normalized spacial score (nSPS) is 17.0. The van der Waals surface area contributed by atoms with E-state index in [1.54, 1.807) is 6.92 Å². The van der Waals surface area contributed by atoms with Gasteiger partial charge < -0.3 is 15.0 Å². The van der Waals surface area contributed by atoms with Crippen molar-refractivity contribution < 1.29 is 14.3 Å². The van der Waals surface area contributed by atoms with Crippen molar-refractivity contribution in [3.05, 3.63) is 53.1 Å². The second kappa shape index (κ2) is 8.81. The lowest BCUT2D eigenvalue weighted by atomic mass is 10.1. The fourth-order valence-electron chi connectivity index (χ4n) is 3.40. The summed E-state index contributed by atoms with van der Waals surface area (Å²) in [6, 6.07) is 8.43. The van der Waals surface area contributed by atoms with Crippen LogP contribution in [0.3, 0.4) is 0 Å². The van der Waals surface area contributed by atoms with Crippen LogP contribution in [0, 0.1) is 12.8 Å². The minimum absolute atomic E-state index is 0.0863. The summed E-state index contributed by atoms with van der Waals surface area (Å²) in [6.07, 6.45) is 2.37. The molecule has 3 rings (SSSR count). The number of amides is 1. The van der Waals surface area contributed by atoms with E-state index in [0.717, 1.165) is 26.1 Å². The zero-order chi connectivity index (χ0) is 19.2. The minimum Gasteiger partial charge on any atom is -0.461 e. The first-order valence-electron chi connectivity index (χ1n) is 9.34. The Balaban J connectivity index is 1.50. The number of benzene rings is 1. The van der Waals surface area contributed by atoms with Gasteiger partial charge in [-0.3, -0.25) is 9.69 Å². The smallest absolute Gasteiger partial charge is 0.357 e. The summed E-state index contributed by atoms with van der Waals surface area (Å²) in [5, 5.41) is 2.90. The lowest BCUT2D eigenvalue weighted by molar-refractivity contribution is 0.0516. The van der Waals surface area contributed by atoms with Crippen LogP contribution in [0.2, 0.25) is 0 Å². The first-order valence-corrected chi connectivity index (χ1v) is 9.34. The van der Waals surface area contributed by atoms with Gasteiger partial charge in [-0.25, -0.2) is 9.78 Å². The van der Waals surface area contributed by atoms with Crippen LogP contribution >= 0.6 is 0 Å². The topological polar surface area (TPSA) is 87.3 Å². The van der Waals surface area contributed by atoms with Gasteiger partial charge in [0.2, 0.25) is 0 Å². The van der Waals surface area contributed by atoms with Crippen molar-refractivity contribution in [3.8, 4) is 0 Å². The Morgan fingerprint density at radius 1 is 1.37 bits per heavy atom. The maximum Gasteiger partial charge on any atom is 0.357 e. The standard InChI is InChI=1S/C20H26N4O3/c1-3-27-20(26)18-17(22-13-23-18)19(25)21-10-15-8-9-24(11-15)12-16-7-5-4-6-14(16)2/h4-7,13,15H,3,8-12H2,1-2H3,(H,21,25)(H,22,23). The van der Waals surface area contributed by atoms with Crippen LogP contribution in [0.15, 0.2) is 30.6 Å². The Labute approximate surface area is 159 Å². The number of carbonyl (C=O) groups is 2. The number of aromatic nitrogens is 2. The molecule has 7 heteroatoms. The summed E-state index contributed by atoms with van der Waals surface area (Å²) in [6.45, 7) is 7.57. The fourth-order valence-corrected chi connectivity index (χ4v) is 3.40. The van der Waals surface area contributed by atoms with Gasteiger partial charge in [0.15, 0.2) is 11.4 Å². The molecule has 1 fully saturated rings. The van der Waals surface area contributed by atoms with Crippen LogP contribution in [-0.4, -0.2) is 53.0 Å². The largest absolute Gasteiger partial charge is 0.461 e. The van der Waals surface area contributed by atoms with E-state index in [2.05, 4.69) is 51.4 Å². The van der Waals surface area contributed by atoms with E-state index in [4.69, 9.17) is 4.74 Å². The van der Waals surface area contributed by atoms with Crippen molar-refractivity contribution in [2.45, 2.75) is 26.8 Å². The van der Waals surface area contributed by atoms with Crippen molar-refractivity contribution in [1.29, 1.82) is 0 Å². The van der Waals surface area contributed by atoms with Gasteiger partial charge in [-0.2, -0.15) is 0 Å². The number of imidazole rings is 1. The Kier molecular flexibility index (Phi) is 6.24. The summed E-state index contributed by atoms with van der Waals surface area (Å²) in [5.74, 6) is -0.523. The molecule has 0 aliphatic carbocycles. The highest BCUT2D eigenvalue weighted by Gasteiger charge is 2.25. The molecule has 1 unspecified atom stereocenters. The molecule has 1 aromatic heterocycles. The minimum atomic E-state index is -0.564. The molecule has 144 valence electrons. The quantitative estimate of drug-likeness (QED) is 0.729. The van der Waals surface area contributed by atoms with Gasteiger partial charge in [0.1, 0.15) is 0 Å². The number of nitrogens with one attached hydrogen (secondary N) is 2. The van der Waals surface area contributed by atoms with Crippen LogP contribution in [0.25, 0.3) is 0 Å². The van der Waals surface area contributed by atoms with Gasteiger partial charge in [0, 0.05) is 19.6 Å². The lowest BCUT2D eigenvalue weighted by Gasteiger charge is -2.17. The number of nitrogens with zero attached hydrogens (tertiary/aromatic N) is 2. The average Bonchev–Trinajstić information content (AvgIpc) is 3.31. The first-order chi connectivity index (χ1) is 13.1. The van der Waals surface area contributed by atoms with Crippen molar-refractivity contribution in [1.82, 2.24) is 20.2 Å². The monoisotopic (exact) mass is 370 g/mol. The number of likely N-dealkylation sites (tertiary alicyclic amines) is 1. The summed E-state index contributed by atoms with van der Waals surface area (Å²) < 4.78 is 4.94. The highest BCUT2D eigenvalue weighted by atomic mass is 16.5. The van der Waals surface area contributed by atoms with Crippen molar-refractivity contribution in [3.63, 3.8) is 0 Å². The molecule has 27 heavy (non-hydrogen) atoms. The molecule has 1 aliphatic heterocycles. The molecule has 2 aromatic rings. The molecule has 1 amide bonds. The molecule has 1 aliphatic rings. The van der Waals surface area contributed by atoms with E-state index in [-0.39, 0.29) is 23.9 Å². The molecule has 0 radical (unpaired) electrons. The van der Waals surface area contributed by atoms with Crippen LogP contribution in [-0.2, 0) is 11.3 Å². The third-order valence-electron chi connectivity index (χ3n) is 4.91. The highest BCUT2D eigenvalue weighted by molar-refractivity contribution is 6.02. The highest BCUT2D eigenvalue weighted by Crippen LogP contribution is 2.19. The first kappa shape index (κ1) is 19.1. The average molecular weight is 370 g/mol. The zero-order valence-electron chi connectivity index (χ0n) is 15.8. The molecular formula is C20H26N4O3. The Bertz CT molecular complexity index is 802. The number of hydrogen-bond acceptors (Lipinski definition) is 5. The molecule has 1 atom stereocenters. The van der Waals surface area contributed by atoms with Crippen molar-refractivity contribution >= 4 is 11.9 Å². The number of carbonyl (C=O) groups excluding carboxylic acids is 2. The number of H-pyrrole nitrogens is 1. The Morgan fingerprint density at radius 3 is 2.96 bits per heavy atom. The molecule has 0 spiro atoms. The number of rotatable bonds is 7. The van der Waals surface area contributed by atoms with Gasteiger partial charge in [0.25, 0.3) is 5.91 Å². The fraction of sp³-hybridized carbons (Fsp3) is 0.450. The van der Waals surface area contributed by atoms with Gasteiger partial charge in [-0.1, -0.05) is 24.3 Å². The Hall–Kier alpha value is -2.67. The molecule has 1 aromatic carbocycles. The number of esters is 1. The van der Waals surface area contributed by atoms with E-state index >= 15 is 0 Å². The molecule has 1 saturated heterocycles. The van der Waals surface area contributed by atoms with E-state index < -0.39 is 5.97 Å². The van der Waals surface area contributed by atoms with Gasteiger partial charge in [-0.05, 0) is 43.9 Å². The third-order valence-corrected chi connectivity index (χ3v) is 4.91. The van der Waals surface area contributed by atoms with Crippen LogP contribution in [0.1, 0.15) is 45.4 Å². The Morgan fingerprint density at radius 2 is 2.19 bits per heavy atom. The van der Waals surface area contributed by atoms with E-state index in [9.17, 15) is 9.59 Å². The van der Waals surface area contributed by atoms with E-state index in [1.807, 2.05) is 0 Å². The summed E-state index contributed by atoms with van der Waals surface area (Å²) in [5.41, 5.74) is 2.84. The summed E-state index contributed by atoms with van der Waals surface area (Å²) in [4.78, 5) is 33.3. The molecule has 2 N–H and O–H groups in total. The number of aryl methyl sites for hydroxylation is 1. The third kappa shape index (κ3) is 4.74. The van der Waals surface area contributed by atoms with Gasteiger partial charge in [0.05, 0.1) is 12.9 Å². The van der Waals surface area contributed by atoms with Gasteiger partial charge in [-0.15, -0.1) is 0 Å². The zero-order valence-corrected chi connectivity index (χ0v) is 15.8. The number of aromatic amines is 1. The SMILES string of the molecule is CCOC(=O)c1[nH]cnc1C(=O)NCC1CCN(Cc2ccccc2C)C1. The van der Waals surface area contributed by atoms with Crippen LogP contribution in [0.4, 0.5) is 0 Å². The summed E-state index contributed by atoms with van der Waals surface area (Å²) in [7, 11) is 0. The lowest BCUT2D eigenvalue weighted by Crippen LogP contribution is -2.32. The van der Waals surface area contributed by atoms with Crippen molar-refractivity contribution in [2.24, 2.45) is 5.92 Å². The molecule has 2 heterocycles. The maximum absolute atomic E-state index is 12.4. The predicted molar refractivity (Wildman–Crippen MR) is 101 cm³/mol. The van der Waals surface area contributed by atoms with Crippen LogP contribution in [0.5, 0.6) is 0 Å². The van der Waals surface area contributed by atoms with E-state index in [0.29, 0.717) is 12.5 Å². The van der Waals surface area contributed by atoms with Gasteiger partial charge >= 0.3 is 5.97 Å². The molecular weight excluding hydrogens is 344 g/mol. The molecule has 7 nitrogen and oxygen atoms in total. The summed E-state index contributed by atoms with van der Waals surface area (Å²) >= 11 is 0. The number of hydrogen-bond donors (Lipinski definition) is 2. The maximum atomic E-state index is 12.4.